The predicted molar refractivity (Wildman–Crippen MR) is 133 cm³/mol. The molecule has 0 aliphatic heterocycles. The second kappa shape index (κ2) is 7.85. The van der Waals surface area contributed by atoms with E-state index in [9.17, 15) is 0 Å². The summed E-state index contributed by atoms with van der Waals surface area (Å²) in [7, 11) is -5.02. The fourth-order valence-electron chi connectivity index (χ4n) is 4.63. The average molecular weight is 657 g/mol. The first-order chi connectivity index (χ1) is 11.9. The third kappa shape index (κ3) is 5.52. The molecular weight excluding hydrogens is 615 g/mol. The molecule has 5 heteroatoms. The Hall–Kier alpha value is 0.879. The summed E-state index contributed by atoms with van der Waals surface area (Å²) in [5.74, 6) is 0. The molecule has 0 atom stereocenters. The van der Waals surface area contributed by atoms with Crippen LogP contribution in [0.15, 0.2) is 38.2 Å². The second-order valence-corrected chi connectivity index (χ2v) is 38.6. The molecule has 0 bridgehead atoms. The summed E-state index contributed by atoms with van der Waals surface area (Å²) in [6, 6.07) is 0. The summed E-state index contributed by atoms with van der Waals surface area (Å²) in [4.78, 5) is 0. The van der Waals surface area contributed by atoms with Crippen LogP contribution in [0, 0.1) is 27.7 Å². The molecule has 150 valence electrons. The zero-order valence-corrected chi connectivity index (χ0v) is 28.2. The molecule has 0 saturated carbocycles. The van der Waals surface area contributed by atoms with Crippen LogP contribution in [-0.2, 0) is 0 Å². The first-order valence-corrected chi connectivity index (χ1v) is 28.8. The van der Waals surface area contributed by atoms with E-state index in [0.29, 0.717) is 0 Å². The van der Waals surface area contributed by atoms with E-state index in [1.807, 2.05) is 26.0 Å². The predicted octanol–water partition coefficient (Wildman–Crippen LogP) is 7.75. The van der Waals surface area contributed by atoms with Gasteiger partial charge in [-0.25, -0.2) is 0 Å². The summed E-state index contributed by atoms with van der Waals surface area (Å²) >= 11 is -1.09. The van der Waals surface area contributed by atoms with Crippen molar-refractivity contribution in [2.45, 2.75) is 91.4 Å². The Kier molecular flexibility index (Phi) is 7.02. The molecular formula is C22H42Si4U. The molecule has 2 aliphatic rings. The maximum atomic E-state index is 2.68. The molecule has 0 heterocycles. The van der Waals surface area contributed by atoms with E-state index in [0.717, 1.165) is 0 Å². The molecule has 0 aromatic rings. The van der Waals surface area contributed by atoms with Crippen molar-refractivity contribution in [2.24, 2.45) is 0 Å². The van der Waals surface area contributed by atoms with Gasteiger partial charge in [0, 0.05) is 0 Å². The molecule has 27 heavy (non-hydrogen) atoms. The molecule has 0 radical (unpaired) electrons. The fraction of sp³-hybridized carbons (Fsp3) is 0.636. The van der Waals surface area contributed by atoms with E-state index in [2.05, 4.69) is 90.7 Å². The van der Waals surface area contributed by atoms with Gasteiger partial charge in [0.05, 0.1) is 0 Å². The summed E-state index contributed by atoms with van der Waals surface area (Å²) in [5, 5.41) is 7.58. The van der Waals surface area contributed by atoms with Crippen molar-refractivity contribution in [1.29, 1.82) is 0 Å². The summed E-state index contributed by atoms with van der Waals surface area (Å²) < 4.78 is 4.01. The minimum atomic E-state index is -1.27. The van der Waals surface area contributed by atoms with Crippen LogP contribution in [0.4, 0.5) is 0 Å². The van der Waals surface area contributed by atoms with Crippen LogP contribution >= 0.6 is 0 Å². The molecule has 0 spiro atoms. The Bertz CT molecular complexity index is 675. The Morgan fingerprint density at radius 3 is 1.04 bits per heavy atom. The van der Waals surface area contributed by atoms with Gasteiger partial charge in [0.15, 0.2) is 0 Å². The van der Waals surface area contributed by atoms with Gasteiger partial charge in [-0.3, -0.25) is 0 Å². The molecule has 0 aromatic carbocycles. The minimum absolute atomic E-state index is 1.09. The quantitative estimate of drug-likeness (QED) is 0.257. The normalized spacial score (nSPS) is 19.6. The van der Waals surface area contributed by atoms with Gasteiger partial charge < -0.3 is 0 Å². The van der Waals surface area contributed by atoms with Crippen LogP contribution in [0.1, 0.15) is 12.8 Å². The van der Waals surface area contributed by atoms with Crippen molar-refractivity contribution < 1.29 is 27.7 Å². The molecule has 0 nitrogen and oxygen atoms in total. The monoisotopic (exact) mass is 656 g/mol. The second-order valence-electron chi connectivity index (χ2n) is 12.5. The van der Waals surface area contributed by atoms with Gasteiger partial charge >= 0.3 is 190 Å². The van der Waals surface area contributed by atoms with E-state index in [1.165, 1.54) is 12.8 Å². The topological polar surface area (TPSA) is 0 Å². The zero-order valence-electron chi connectivity index (χ0n) is 20.1. The van der Waals surface area contributed by atoms with Crippen molar-refractivity contribution in [3.05, 3.63) is 38.2 Å². The van der Waals surface area contributed by atoms with Crippen LogP contribution in [0.2, 0.25) is 78.6 Å². The Morgan fingerprint density at radius 1 is 0.519 bits per heavy atom. The SMILES string of the molecule is C[Si](C)(C)C1=CC[C]([U][C]2=C([Si](C)(C)C)C([Si](C)(C)C)=CC2)=C1[Si](C)(C)C. The first kappa shape index (κ1) is 24.2. The Balaban J connectivity index is 2.54. The maximum absolute atomic E-state index is 2.68. The van der Waals surface area contributed by atoms with Crippen molar-refractivity contribution in [2.75, 3.05) is 0 Å². The molecule has 0 amide bonds. The fourth-order valence-corrected chi connectivity index (χ4v) is 33.1. The van der Waals surface area contributed by atoms with Gasteiger partial charge in [0.25, 0.3) is 0 Å². The molecule has 2 rings (SSSR count). The van der Waals surface area contributed by atoms with E-state index >= 15 is 0 Å². The van der Waals surface area contributed by atoms with Crippen LogP contribution in [0.3, 0.4) is 0 Å². The zero-order chi connectivity index (χ0) is 21.0. The van der Waals surface area contributed by atoms with Crippen LogP contribution in [0.5, 0.6) is 0 Å². The van der Waals surface area contributed by atoms with Crippen LogP contribution < -0.4 is 0 Å². The van der Waals surface area contributed by atoms with Gasteiger partial charge in [0.2, 0.25) is 0 Å². The van der Waals surface area contributed by atoms with Crippen molar-refractivity contribution in [3.8, 4) is 0 Å². The van der Waals surface area contributed by atoms with E-state index in [4.69, 9.17) is 0 Å². The Morgan fingerprint density at radius 2 is 0.815 bits per heavy atom. The van der Waals surface area contributed by atoms with Gasteiger partial charge in [-0.05, 0) is 0 Å². The number of rotatable bonds is 6. The average Bonchev–Trinajstić information content (AvgIpc) is 3.00. The third-order valence-corrected chi connectivity index (χ3v) is 22.7. The summed E-state index contributed by atoms with van der Waals surface area (Å²) in [6.07, 6.45) is 8.00. The van der Waals surface area contributed by atoms with Crippen LogP contribution in [0.25, 0.3) is 0 Å². The van der Waals surface area contributed by atoms with E-state index in [-0.39, 0.29) is 0 Å². The van der Waals surface area contributed by atoms with Crippen molar-refractivity contribution in [3.63, 3.8) is 0 Å². The van der Waals surface area contributed by atoms with E-state index < -0.39 is 60.0 Å². The molecule has 0 aromatic heterocycles. The number of hydrogen-bond donors (Lipinski definition) is 0. The number of hydrogen-bond acceptors (Lipinski definition) is 0. The number of allylic oxidation sites excluding steroid dienone is 8. The van der Waals surface area contributed by atoms with Crippen LogP contribution in [-0.4, -0.2) is 32.3 Å². The first-order valence-electron chi connectivity index (χ1n) is 10.6. The van der Waals surface area contributed by atoms with E-state index in [1.54, 1.807) is 0 Å². The molecule has 0 fully saturated rings. The van der Waals surface area contributed by atoms with Crippen molar-refractivity contribution >= 4 is 32.3 Å². The van der Waals surface area contributed by atoms with Gasteiger partial charge in [-0.15, -0.1) is 0 Å². The third-order valence-electron chi connectivity index (χ3n) is 5.58. The van der Waals surface area contributed by atoms with Crippen molar-refractivity contribution in [1.82, 2.24) is 0 Å². The standard InChI is InChI=1S/2C11H21Si2.U/c2*1-12(2,3)10-8-7-9-11(10)13(4,5)6;/h2*8H,7H2,1-6H3;. The van der Waals surface area contributed by atoms with Gasteiger partial charge in [0.1, 0.15) is 0 Å². The molecule has 0 unspecified atom stereocenters. The summed E-state index contributed by atoms with van der Waals surface area (Å²) in [5.41, 5.74) is 0. The van der Waals surface area contributed by atoms with Gasteiger partial charge in [-0.2, -0.15) is 0 Å². The summed E-state index contributed by atoms with van der Waals surface area (Å²) in [6.45, 7) is 31.0. The molecule has 0 N–H and O–H groups in total. The molecule has 0 saturated heterocycles. The molecule has 2 aliphatic carbocycles. The van der Waals surface area contributed by atoms with Gasteiger partial charge in [-0.1, -0.05) is 0 Å². The Labute approximate surface area is 188 Å².